The smallest absolute Gasteiger partial charge is 0.122 e. The number of unbranched alkanes of at least 4 members (excludes halogenated alkanes) is 3. The molecule has 1 aliphatic heterocycles. The fourth-order valence-electron chi connectivity index (χ4n) is 2.84. The van der Waals surface area contributed by atoms with Crippen molar-refractivity contribution in [1.29, 1.82) is 0 Å². The largest absolute Gasteiger partial charge is 0.491 e. The van der Waals surface area contributed by atoms with Crippen molar-refractivity contribution in [2.45, 2.75) is 44.6 Å². The zero-order chi connectivity index (χ0) is 15.7. The van der Waals surface area contributed by atoms with Crippen molar-refractivity contribution in [2.75, 3.05) is 13.2 Å². The number of para-hydroxylation sites is 1. The van der Waals surface area contributed by atoms with Gasteiger partial charge in [-0.1, -0.05) is 61.4 Å². The van der Waals surface area contributed by atoms with E-state index < -0.39 is 0 Å². The van der Waals surface area contributed by atoms with Crippen molar-refractivity contribution >= 4 is 0 Å². The molecule has 1 saturated heterocycles. The average Bonchev–Trinajstić information content (AvgIpc) is 3.42. The van der Waals surface area contributed by atoms with Crippen molar-refractivity contribution in [3.8, 4) is 5.75 Å². The molecular formula is C21H26O2. The minimum atomic E-state index is 0.320. The zero-order valence-corrected chi connectivity index (χ0v) is 13.7. The molecule has 1 heterocycles. The highest BCUT2D eigenvalue weighted by molar-refractivity contribution is 5.33. The summed E-state index contributed by atoms with van der Waals surface area (Å²) in [4.78, 5) is 0. The second kappa shape index (κ2) is 8.73. The van der Waals surface area contributed by atoms with Gasteiger partial charge in [-0.05, 0) is 42.9 Å². The Hall–Kier alpha value is -1.80. The van der Waals surface area contributed by atoms with Crippen molar-refractivity contribution in [1.82, 2.24) is 0 Å². The third kappa shape index (κ3) is 5.72. The molecule has 2 aromatic carbocycles. The first kappa shape index (κ1) is 16.1. The van der Waals surface area contributed by atoms with Crippen LogP contribution >= 0.6 is 0 Å². The normalized spacial score (nSPS) is 16.3. The van der Waals surface area contributed by atoms with Crippen LogP contribution in [0.1, 0.15) is 36.8 Å². The maximum absolute atomic E-state index is 5.87. The lowest BCUT2D eigenvalue weighted by atomic mass is 10.0. The van der Waals surface area contributed by atoms with Crippen LogP contribution < -0.4 is 4.74 Å². The summed E-state index contributed by atoms with van der Waals surface area (Å²) in [5.74, 6) is 1.03. The van der Waals surface area contributed by atoms with Gasteiger partial charge >= 0.3 is 0 Å². The molecule has 0 aromatic heterocycles. The highest BCUT2D eigenvalue weighted by Crippen LogP contribution is 2.22. The molecule has 0 N–H and O–H groups in total. The van der Waals surface area contributed by atoms with Gasteiger partial charge in [-0.3, -0.25) is 0 Å². The van der Waals surface area contributed by atoms with E-state index in [1.54, 1.807) is 0 Å². The Bertz CT molecular complexity index is 575. The molecule has 0 radical (unpaired) electrons. The lowest BCUT2D eigenvalue weighted by Crippen LogP contribution is -2.05. The Kier molecular flexibility index (Phi) is 6.10. The molecule has 1 aliphatic rings. The lowest BCUT2D eigenvalue weighted by molar-refractivity contribution is 0.261. The molecule has 1 atom stereocenters. The summed E-state index contributed by atoms with van der Waals surface area (Å²) in [6.45, 7) is 1.54. The monoisotopic (exact) mass is 310 g/mol. The quantitative estimate of drug-likeness (QED) is 0.464. The molecule has 0 spiro atoms. The van der Waals surface area contributed by atoms with Crippen LogP contribution in [0.25, 0.3) is 0 Å². The fraction of sp³-hybridized carbons (Fsp3) is 0.429. The maximum atomic E-state index is 5.87. The third-order valence-corrected chi connectivity index (χ3v) is 4.30. The number of aryl methyl sites for hydroxylation is 2. The van der Waals surface area contributed by atoms with Crippen LogP contribution in [0.5, 0.6) is 5.75 Å². The molecule has 3 rings (SSSR count). The van der Waals surface area contributed by atoms with Crippen LogP contribution in [0.3, 0.4) is 0 Å². The minimum absolute atomic E-state index is 0.320. The van der Waals surface area contributed by atoms with Crippen molar-refractivity contribution in [3.63, 3.8) is 0 Å². The highest BCUT2D eigenvalue weighted by atomic mass is 16.6. The molecule has 1 fully saturated rings. The summed E-state index contributed by atoms with van der Waals surface area (Å²) >= 11 is 0. The molecule has 1 unspecified atom stereocenters. The van der Waals surface area contributed by atoms with Gasteiger partial charge in [0.25, 0.3) is 0 Å². The highest BCUT2D eigenvalue weighted by Gasteiger charge is 2.23. The SMILES string of the molecule is c1ccc(CCCCCCc2ccccc2OCC2CO2)cc1. The summed E-state index contributed by atoms with van der Waals surface area (Å²) in [5.41, 5.74) is 2.78. The predicted molar refractivity (Wildman–Crippen MR) is 94.0 cm³/mol. The first-order valence-corrected chi connectivity index (χ1v) is 8.78. The maximum Gasteiger partial charge on any atom is 0.122 e. The van der Waals surface area contributed by atoms with E-state index in [4.69, 9.17) is 9.47 Å². The van der Waals surface area contributed by atoms with Gasteiger partial charge in [0, 0.05) is 0 Å². The molecular weight excluding hydrogens is 284 g/mol. The third-order valence-electron chi connectivity index (χ3n) is 4.30. The number of epoxide rings is 1. The Balaban J connectivity index is 1.33. The van der Waals surface area contributed by atoms with Gasteiger partial charge < -0.3 is 9.47 Å². The Labute approximate surface area is 139 Å². The molecule has 2 heteroatoms. The number of hydrogen-bond donors (Lipinski definition) is 0. The van der Waals surface area contributed by atoms with Crippen LogP contribution in [0.2, 0.25) is 0 Å². The lowest BCUT2D eigenvalue weighted by Gasteiger charge is -2.10. The van der Waals surface area contributed by atoms with Crippen molar-refractivity contribution < 1.29 is 9.47 Å². The topological polar surface area (TPSA) is 21.8 Å². The van der Waals surface area contributed by atoms with Crippen LogP contribution in [0.15, 0.2) is 54.6 Å². The van der Waals surface area contributed by atoms with Gasteiger partial charge in [-0.25, -0.2) is 0 Å². The van der Waals surface area contributed by atoms with Crippen LogP contribution in [0, 0.1) is 0 Å². The number of benzene rings is 2. The van der Waals surface area contributed by atoms with E-state index in [2.05, 4.69) is 48.5 Å². The molecule has 2 aromatic rings. The Morgan fingerprint density at radius 2 is 1.52 bits per heavy atom. The molecule has 122 valence electrons. The summed E-state index contributed by atoms with van der Waals surface area (Å²) < 4.78 is 11.1. The number of rotatable bonds is 10. The molecule has 0 aliphatic carbocycles. The second-order valence-electron chi connectivity index (χ2n) is 6.27. The average molecular weight is 310 g/mol. The number of ether oxygens (including phenoxy) is 2. The van der Waals surface area contributed by atoms with E-state index >= 15 is 0 Å². The van der Waals surface area contributed by atoms with Gasteiger partial charge in [0.1, 0.15) is 18.5 Å². The fourth-order valence-corrected chi connectivity index (χ4v) is 2.84. The van der Waals surface area contributed by atoms with E-state index in [9.17, 15) is 0 Å². The van der Waals surface area contributed by atoms with Gasteiger partial charge in [-0.15, -0.1) is 0 Å². The second-order valence-corrected chi connectivity index (χ2v) is 6.27. The summed E-state index contributed by atoms with van der Waals surface area (Å²) in [7, 11) is 0. The van der Waals surface area contributed by atoms with Crippen LogP contribution in [-0.2, 0) is 17.6 Å². The van der Waals surface area contributed by atoms with Crippen molar-refractivity contribution in [2.24, 2.45) is 0 Å². The predicted octanol–water partition coefficient (Wildman–Crippen LogP) is 4.81. The van der Waals surface area contributed by atoms with Crippen LogP contribution in [-0.4, -0.2) is 19.3 Å². The summed E-state index contributed by atoms with van der Waals surface area (Å²) in [6.07, 6.45) is 7.72. The summed E-state index contributed by atoms with van der Waals surface area (Å²) in [5, 5.41) is 0. The van der Waals surface area contributed by atoms with E-state index in [1.807, 2.05) is 6.07 Å². The first-order valence-electron chi connectivity index (χ1n) is 8.78. The van der Waals surface area contributed by atoms with E-state index in [1.165, 1.54) is 43.2 Å². The van der Waals surface area contributed by atoms with E-state index in [0.717, 1.165) is 18.8 Å². The summed E-state index contributed by atoms with van der Waals surface area (Å²) in [6, 6.07) is 19.2. The van der Waals surface area contributed by atoms with Crippen molar-refractivity contribution in [3.05, 3.63) is 65.7 Å². The standard InChI is InChI=1S/C21H26O2/c1(4-10-18-11-5-3-6-12-18)2-7-13-19-14-8-9-15-21(19)23-17-20-16-22-20/h3,5-6,8-9,11-12,14-15,20H,1-2,4,7,10,13,16-17H2. The minimum Gasteiger partial charge on any atom is -0.491 e. The molecule has 23 heavy (non-hydrogen) atoms. The zero-order valence-electron chi connectivity index (χ0n) is 13.7. The van der Waals surface area contributed by atoms with Gasteiger partial charge in [0.2, 0.25) is 0 Å². The molecule has 0 bridgehead atoms. The molecule has 0 saturated carbocycles. The van der Waals surface area contributed by atoms with E-state index in [0.29, 0.717) is 12.7 Å². The molecule has 0 amide bonds. The van der Waals surface area contributed by atoms with E-state index in [-0.39, 0.29) is 0 Å². The molecule has 2 nitrogen and oxygen atoms in total. The van der Waals surface area contributed by atoms with Crippen LogP contribution in [0.4, 0.5) is 0 Å². The van der Waals surface area contributed by atoms with Gasteiger partial charge in [0.05, 0.1) is 6.61 Å². The number of hydrogen-bond acceptors (Lipinski definition) is 2. The van der Waals surface area contributed by atoms with Gasteiger partial charge in [-0.2, -0.15) is 0 Å². The van der Waals surface area contributed by atoms with Gasteiger partial charge in [0.15, 0.2) is 0 Å². The Morgan fingerprint density at radius 3 is 2.30 bits per heavy atom. The Morgan fingerprint density at radius 1 is 0.826 bits per heavy atom. The first-order chi connectivity index (χ1) is 11.4.